The highest BCUT2D eigenvalue weighted by Crippen LogP contribution is 2.31. The van der Waals surface area contributed by atoms with E-state index < -0.39 is 5.92 Å². The van der Waals surface area contributed by atoms with E-state index in [2.05, 4.69) is 10.9 Å². The van der Waals surface area contributed by atoms with Crippen molar-refractivity contribution in [1.82, 2.24) is 5.43 Å². The minimum atomic E-state index is -0.444. The molecule has 1 fully saturated rings. The Bertz CT molecular complexity index is 1250. The molecule has 0 spiro atoms. The van der Waals surface area contributed by atoms with Crippen LogP contribution in [-0.4, -0.2) is 25.0 Å². The molecular weight excluding hydrogens is 478 g/mol. The lowest BCUT2D eigenvalue weighted by atomic mass is 10.1. The SMILES string of the molecule is CCOc1cc(NNC(=O)[C@@H]2CC(=O)N(c3ccc(C)c(C)c3)C2)ccc1OCc1ccc(Cl)cc1. The average molecular weight is 508 g/mol. The molecule has 0 bridgehead atoms. The van der Waals surface area contributed by atoms with Gasteiger partial charge in [-0.2, -0.15) is 0 Å². The number of nitrogens with one attached hydrogen (secondary N) is 2. The predicted octanol–water partition coefficient (Wildman–Crippen LogP) is 5.43. The predicted molar refractivity (Wildman–Crippen MR) is 142 cm³/mol. The van der Waals surface area contributed by atoms with Crippen molar-refractivity contribution in [2.24, 2.45) is 5.92 Å². The van der Waals surface area contributed by atoms with Crippen LogP contribution in [0.25, 0.3) is 0 Å². The molecule has 0 aromatic heterocycles. The molecule has 188 valence electrons. The molecule has 1 saturated heterocycles. The third-order valence-electron chi connectivity index (χ3n) is 6.18. The third-order valence-corrected chi connectivity index (χ3v) is 6.43. The number of anilines is 2. The zero-order chi connectivity index (χ0) is 25.7. The minimum absolute atomic E-state index is 0.0563. The number of hydrazine groups is 1. The van der Waals surface area contributed by atoms with Crippen LogP contribution in [0.2, 0.25) is 5.02 Å². The zero-order valence-corrected chi connectivity index (χ0v) is 21.4. The van der Waals surface area contributed by atoms with Crippen LogP contribution >= 0.6 is 11.6 Å². The van der Waals surface area contributed by atoms with Crippen LogP contribution in [0.1, 0.15) is 30.0 Å². The largest absolute Gasteiger partial charge is 0.490 e. The van der Waals surface area contributed by atoms with E-state index in [1.54, 1.807) is 23.1 Å². The Hall–Kier alpha value is -3.71. The second-order valence-electron chi connectivity index (χ2n) is 8.80. The van der Waals surface area contributed by atoms with Gasteiger partial charge < -0.3 is 14.4 Å². The van der Waals surface area contributed by atoms with E-state index in [0.717, 1.165) is 22.4 Å². The molecule has 0 radical (unpaired) electrons. The summed E-state index contributed by atoms with van der Waals surface area (Å²) >= 11 is 5.94. The number of benzene rings is 3. The van der Waals surface area contributed by atoms with E-state index in [-0.39, 0.29) is 18.2 Å². The van der Waals surface area contributed by atoms with Crippen molar-refractivity contribution in [3.63, 3.8) is 0 Å². The highest BCUT2D eigenvalue weighted by atomic mass is 35.5. The quantitative estimate of drug-likeness (QED) is 0.377. The monoisotopic (exact) mass is 507 g/mol. The van der Waals surface area contributed by atoms with Crippen molar-refractivity contribution >= 4 is 34.8 Å². The number of carbonyl (C=O) groups excluding carboxylic acids is 2. The summed E-state index contributed by atoms with van der Waals surface area (Å²) in [7, 11) is 0. The molecule has 8 heteroatoms. The number of amides is 2. The molecule has 2 amide bonds. The second-order valence-corrected chi connectivity index (χ2v) is 9.23. The summed E-state index contributed by atoms with van der Waals surface area (Å²) in [4.78, 5) is 27.1. The molecule has 4 rings (SSSR count). The van der Waals surface area contributed by atoms with Gasteiger partial charge in [0.2, 0.25) is 11.8 Å². The summed E-state index contributed by atoms with van der Waals surface area (Å²) in [6, 6.07) is 18.7. The first-order valence-corrected chi connectivity index (χ1v) is 12.3. The number of aryl methyl sites for hydroxylation is 2. The van der Waals surface area contributed by atoms with Gasteiger partial charge in [-0.15, -0.1) is 0 Å². The highest BCUT2D eigenvalue weighted by molar-refractivity contribution is 6.30. The maximum atomic E-state index is 12.8. The van der Waals surface area contributed by atoms with Crippen LogP contribution in [-0.2, 0) is 16.2 Å². The Morgan fingerprint density at radius 1 is 1.00 bits per heavy atom. The van der Waals surface area contributed by atoms with Crippen LogP contribution in [0.15, 0.2) is 60.7 Å². The van der Waals surface area contributed by atoms with E-state index in [1.807, 2.05) is 63.2 Å². The minimum Gasteiger partial charge on any atom is -0.490 e. The number of nitrogens with zero attached hydrogens (tertiary/aromatic N) is 1. The van der Waals surface area contributed by atoms with Gasteiger partial charge in [0.05, 0.1) is 18.2 Å². The van der Waals surface area contributed by atoms with E-state index >= 15 is 0 Å². The van der Waals surface area contributed by atoms with E-state index in [9.17, 15) is 9.59 Å². The summed E-state index contributed by atoms with van der Waals surface area (Å²) in [5, 5.41) is 0.672. The lowest BCUT2D eigenvalue weighted by Gasteiger charge is -2.18. The number of hydrogen-bond acceptors (Lipinski definition) is 5. The average Bonchev–Trinajstić information content (AvgIpc) is 3.26. The third kappa shape index (κ3) is 6.10. The first kappa shape index (κ1) is 25.4. The van der Waals surface area contributed by atoms with Crippen LogP contribution in [0, 0.1) is 19.8 Å². The van der Waals surface area contributed by atoms with Crippen molar-refractivity contribution in [2.45, 2.75) is 33.8 Å². The molecule has 0 saturated carbocycles. The van der Waals surface area contributed by atoms with Gasteiger partial charge in [-0.1, -0.05) is 29.8 Å². The van der Waals surface area contributed by atoms with Gasteiger partial charge in [0.25, 0.3) is 0 Å². The molecule has 2 N–H and O–H groups in total. The van der Waals surface area contributed by atoms with Crippen LogP contribution in [0.5, 0.6) is 11.5 Å². The summed E-state index contributed by atoms with van der Waals surface area (Å²) in [5.41, 5.74) is 10.4. The molecular formula is C28H30ClN3O4. The maximum absolute atomic E-state index is 12.8. The van der Waals surface area contributed by atoms with Gasteiger partial charge in [-0.3, -0.25) is 20.4 Å². The molecule has 36 heavy (non-hydrogen) atoms. The normalized spacial score (nSPS) is 15.1. The number of hydrogen-bond donors (Lipinski definition) is 2. The van der Waals surface area contributed by atoms with Crippen molar-refractivity contribution in [1.29, 1.82) is 0 Å². The highest BCUT2D eigenvalue weighted by Gasteiger charge is 2.35. The Morgan fingerprint density at radius 2 is 1.78 bits per heavy atom. The fourth-order valence-corrected chi connectivity index (χ4v) is 4.10. The fourth-order valence-electron chi connectivity index (χ4n) is 3.98. The zero-order valence-electron chi connectivity index (χ0n) is 20.6. The lowest BCUT2D eigenvalue weighted by Crippen LogP contribution is -2.36. The van der Waals surface area contributed by atoms with Gasteiger partial charge in [0, 0.05) is 29.7 Å². The maximum Gasteiger partial charge on any atom is 0.243 e. The summed E-state index contributed by atoms with van der Waals surface area (Å²) in [6.07, 6.45) is 0.169. The van der Waals surface area contributed by atoms with E-state index in [4.69, 9.17) is 21.1 Å². The molecule has 1 atom stereocenters. The molecule has 1 aliphatic heterocycles. The van der Waals surface area contributed by atoms with Crippen LogP contribution in [0.4, 0.5) is 11.4 Å². The Kier molecular flexibility index (Phi) is 8.00. The first-order valence-electron chi connectivity index (χ1n) is 11.9. The van der Waals surface area contributed by atoms with Crippen molar-refractivity contribution in [3.05, 3.63) is 82.4 Å². The standard InChI is InChI=1S/C28H30ClN3O4/c1-4-35-26-15-23(10-12-25(26)36-17-20-6-8-22(29)9-7-20)30-31-28(34)21-14-27(33)32(16-21)24-11-5-18(2)19(3)13-24/h5-13,15,21,30H,4,14,16-17H2,1-3H3,(H,31,34)/t21-/m1/s1. The Balaban J connectivity index is 1.35. The number of ether oxygens (including phenoxy) is 2. The summed E-state index contributed by atoms with van der Waals surface area (Å²) in [6.45, 7) is 7.11. The smallest absolute Gasteiger partial charge is 0.243 e. The summed E-state index contributed by atoms with van der Waals surface area (Å²) < 4.78 is 11.7. The molecule has 3 aromatic rings. The van der Waals surface area contributed by atoms with Crippen LogP contribution < -0.4 is 25.2 Å². The number of carbonyl (C=O) groups is 2. The Morgan fingerprint density at radius 3 is 2.50 bits per heavy atom. The van der Waals surface area contributed by atoms with Gasteiger partial charge in [0.15, 0.2) is 11.5 Å². The molecule has 7 nitrogen and oxygen atoms in total. The van der Waals surface area contributed by atoms with Gasteiger partial charge in [-0.25, -0.2) is 0 Å². The van der Waals surface area contributed by atoms with E-state index in [1.165, 1.54) is 0 Å². The van der Waals surface area contributed by atoms with Gasteiger partial charge in [0.1, 0.15) is 6.61 Å². The molecule has 1 aliphatic rings. The van der Waals surface area contributed by atoms with Crippen LogP contribution in [0.3, 0.4) is 0 Å². The summed E-state index contributed by atoms with van der Waals surface area (Å²) in [5.74, 6) is 0.409. The van der Waals surface area contributed by atoms with Crippen molar-refractivity contribution < 1.29 is 19.1 Å². The number of rotatable bonds is 9. The van der Waals surface area contributed by atoms with E-state index in [0.29, 0.717) is 42.0 Å². The molecule has 0 unspecified atom stereocenters. The molecule has 1 heterocycles. The van der Waals surface area contributed by atoms with Crippen molar-refractivity contribution in [2.75, 3.05) is 23.5 Å². The molecule has 3 aromatic carbocycles. The lowest BCUT2D eigenvalue weighted by molar-refractivity contribution is -0.125. The van der Waals surface area contributed by atoms with Gasteiger partial charge >= 0.3 is 0 Å². The van der Waals surface area contributed by atoms with Crippen molar-refractivity contribution in [3.8, 4) is 11.5 Å². The topological polar surface area (TPSA) is 79.9 Å². The fraction of sp³-hybridized carbons (Fsp3) is 0.286. The number of halogens is 1. The first-order chi connectivity index (χ1) is 17.3. The Labute approximate surface area is 216 Å². The second kappa shape index (κ2) is 11.4. The van der Waals surface area contributed by atoms with Gasteiger partial charge in [-0.05, 0) is 73.9 Å². The molecule has 0 aliphatic carbocycles.